The van der Waals surface area contributed by atoms with E-state index in [-0.39, 0.29) is 5.56 Å². The van der Waals surface area contributed by atoms with Gasteiger partial charge in [-0.05, 0) is 35.7 Å². The summed E-state index contributed by atoms with van der Waals surface area (Å²) in [5.41, 5.74) is 4.48. The van der Waals surface area contributed by atoms with Gasteiger partial charge in [0.25, 0.3) is 5.56 Å². The fraction of sp³-hybridized carbons (Fsp3) is 0.0870. The number of hydrogen-bond donors (Lipinski definition) is 0. The highest BCUT2D eigenvalue weighted by atomic mass is 35.5. The van der Waals surface area contributed by atoms with Crippen LogP contribution in [-0.4, -0.2) is 19.2 Å². The number of aromatic nitrogens is 4. The first-order valence-corrected chi connectivity index (χ1v) is 9.74. The van der Waals surface area contributed by atoms with E-state index in [1.807, 2.05) is 54.7 Å². The number of benzene rings is 2. The molecule has 0 aliphatic carbocycles. The zero-order valence-electron chi connectivity index (χ0n) is 15.5. The highest BCUT2D eigenvalue weighted by Gasteiger charge is 2.13. The number of fused-ring (bicyclic) bond motifs is 3. The van der Waals surface area contributed by atoms with Crippen molar-refractivity contribution in [3.05, 3.63) is 100 Å². The van der Waals surface area contributed by atoms with Crippen molar-refractivity contribution in [1.29, 1.82) is 0 Å². The second kappa shape index (κ2) is 7.18. The van der Waals surface area contributed by atoms with Crippen molar-refractivity contribution in [2.45, 2.75) is 13.0 Å². The number of nitrogens with zero attached hydrogens (tertiary/aromatic N) is 4. The molecule has 0 unspecified atom stereocenters. The summed E-state index contributed by atoms with van der Waals surface area (Å²) in [6.07, 6.45) is 6.04. The Morgan fingerprint density at radius 2 is 1.72 bits per heavy atom. The van der Waals surface area contributed by atoms with Gasteiger partial charge in [-0.3, -0.25) is 4.79 Å². The lowest BCUT2D eigenvalue weighted by Crippen LogP contribution is -2.21. The molecule has 0 aliphatic rings. The Balaban J connectivity index is 1.55. The molecule has 0 N–H and O–H groups in total. The predicted octanol–water partition coefficient (Wildman–Crippen LogP) is 4.61. The van der Waals surface area contributed by atoms with E-state index in [9.17, 15) is 4.79 Å². The van der Waals surface area contributed by atoms with Gasteiger partial charge in [0.1, 0.15) is 0 Å². The molecule has 3 aromatic heterocycles. The van der Waals surface area contributed by atoms with Crippen LogP contribution in [-0.2, 0) is 13.0 Å². The smallest absolute Gasteiger partial charge is 0.261 e. The summed E-state index contributed by atoms with van der Waals surface area (Å²) >= 11 is 5.99. The third-order valence-corrected chi connectivity index (χ3v) is 5.36. The average molecular weight is 401 g/mol. The Bertz CT molecular complexity index is 1370. The van der Waals surface area contributed by atoms with Crippen molar-refractivity contribution in [3.8, 4) is 11.1 Å². The molecule has 0 amide bonds. The summed E-state index contributed by atoms with van der Waals surface area (Å²) in [7, 11) is 0. The van der Waals surface area contributed by atoms with Crippen molar-refractivity contribution in [2.75, 3.05) is 0 Å². The van der Waals surface area contributed by atoms with Gasteiger partial charge in [0.15, 0.2) is 5.65 Å². The van der Waals surface area contributed by atoms with Gasteiger partial charge in [-0.1, -0.05) is 54.1 Å². The third kappa shape index (κ3) is 3.19. The number of pyridine rings is 1. The molecule has 5 aromatic rings. The van der Waals surface area contributed by atoms with Gasteiger partial charge in [0.2, 0.25) is 0 Å². The monoisotopic (exact) mass is 400 g/mol. The van der Waals surface area contributed by atoms with Crippen LogP contribution >= 0.6 is 11.6 Å². The summed E-state index contributed by atoms with van der Waals surface area (Å²) in [5, 5.41) is 5.72. The summed E-state index contributed by atoms with van der Waals surface area (Å²) < 4.78 is 3.45. The molecule has 0 atom stereocenters. The maximum atomic E-state index is 13.0. The van der Waals surface area contributed by atoms with Crippen LogP contribution in [0.25, 0.3) is 27.7 Å². The fourth-order valence-electron chi connectivity index (χ4n) is 3.56. The maximum absolute atomic E-state index is 13.0. The SMILES string of the molecule is O=c1c2cnc3c(-c4ccc(Cl)cc4)cnn3c2ccn1CCc1ccccc1. The third-order valence-electron chi connectivity index (χ3n) is 5.11. The quantitative estimate of drug-likeness (QED) is 0.442. The maximum Gasteiger partial charge on any atom is 0.261 e. The van der Waals surface area contributed by atoms with Gasteiger partial charge in [0, 0.05) is 29.5 Å². The summed E-state index contributed by atoms with van der Waals surface area (Å²) in [6, 6.07) is 19.6. The zero-order chi connectivity index (χ0) is 19.8. The van der Waals surface area contributed by atoms with Crippen LogP contribution in [0.3, 0.4) is 0 Å². The summed E-state index contributed by atoms with van der Waals surface area (Å²) in [5.74, 6) is 0. The molecule has 0 bridgehead atoms. The topological polar surface area (TPSA) is 52.2 Å². The molecule has 0 fully saturated rings. The van der Waals surface area contributed by atoms with E-state index in [1.165, 1.54) is 5.56 Å². The van der Waals surface area contributed by atoms with E-state index < -0.39 is 0 Å². The minimum Gasteiger partial charge on any atom is -0.314 e. The lowest BCUT2D eigenvalue weighted by molar-refractivity contribution is 0.674. The predicted molar refractivity (Wildman–Crippen MR) is 115 cm³/mol. The van der Waals surface area contributed by atoms with Crippen LogP contribution in [0.1, 0.15) is 5.56 Å². The highest BCUT2D eigenvalue weighted by molar-refractivity contribution is 6.30. The fourth-order valence-corrected chi connectivity index (χ4v) is 3.69. The van der Waals surface area contributed by atoms with Crippen molar-refractivity contribution in [1.82, 2.24) is 19.2 Å². The minimum atomic E-state index is -0.0589. The molecule has 0 aliphatic heterocycles. The first kappa shape index (κ1) is 17.6. The van der Waals surface area contributed by atoms with Crippen LogP contribution < -0.4 is 5.56 Å². The van der Waals surface area contributed by atoms with Gasteiger partial charge in [0.05, 0.1) is 17.1 Å². The summed E-state index contributed by atoms with van der Waals surface area (Å²) in [4.78, 5) is 17.5. The number of hydrogen-bond acceptors (Lipinski definition) is 3. The van der Waals surface area contributed by atoms with Gasteiger partial charge in [-0.15, -0.1) is 0 Å². The molecular formula is C23H17ClN4O. The molecular weight excluding hydrogens is 384 g/mol. The van der Waals surface area contributed by atoms with Crippen LogP contribution in [0.2, 0.25) is 5.02 Å². The molecule has 0 saturated carbocycles. The Morgan fingerprint density at radius 1 is 0.931 bits per heavy atom. The molecule has 0 saturated heterocycles. The highest BCUT2D eigenvalue weighted by Crippen LogP contribution is 2.26. The Kier molecular flexibility index (Phi) is 4.37. The molecule has 29 heavy (non-hydrogen) atoms. The first-order chi connectivity index (χ1) is 14.2. The molecule has 3 heterocycles. The van der Waals surface area contributed by atoms with Crippen molar-refractivity contribution < 1.29 is 0 Å². The van der Waals surface area contributed by atoms with E-state index >= 15 is 0 Å². The van der Waals surface area contributed by atoms with Crippen molar-refractivity contribution >= 4 is 28.2 Å². The van der Waals surface area contributed by atoms with Crippen LogP contribution in [0, 0.1) is 0 Å². The molecule has 142 valence electrons. The van der Waals surface area contributed by atoms with E-state index in [4.69, 9.17) is 11.6 Å². The molecule has 5 rings (SSSR count). The molecule has 6 heteroatoms. The van der Waals surface area contributed by atoms with Crippen LogP contribution in [0.5, 0.6) is 0 Å². The second-order valence-corrected chi connectivity index (χ2v) is 7.34. The van der Waals surface area contributed by atoms with Crippen LogP contribution in [0.15, 0.2) is 84.0 Å². The normalized spacial score (nSPS) is 11.3. The number of aryl methyl sites for hydroxylation is 2. The Hall–Kier alpha value is -3.44. The van der Waals surface area contributed by atoms with Crippen molar-refractivity contribution in [2.24, 2.45) is 0 Å². The first-order valence-electron chi connectivity index (χ1n) is 9.36. The minimum absolute atomic E-state index is 0.0589. The molecule has 2 aromatic carbocycles. The molecule has 0 radical (unpaired) electrons. The Morgan fingerprint density at radius 3 is 2.52 bits per heavy atom. The number of halogens is 1. The standard InChI is InChI=1S/C23H17ClN4O/c24-18-8-6-17(7-9-18)19-15-26-28-21-11-13-27(12-10-16-4-2-1-3-5-16)23(29)20(21)14-25-22(19)28/h1-9,11,13-15H,10,12H2. The van der Waals surface area contributed by atoms with Crippen molar-refractivity contribution in [3.63, 3.8) is 0 Å². The Labute approximate surface area is 171 Å². The summed E-state index contributed by atoms with van der Waals surface area (Å²) in [6.45, 7) is 0.617. The van der Waals surface area contributed by atoms with E-state index in [0.717, 1.165) is 23.1 Å². The average Bonchev–Trinajstić information content (AvgIpc) is 3.19. The largest absolute Gasteiger partial charge is 0.314 e. The van der Waals surface area contributed by atoms with Gasteiger partial charge in [-0.25, -0.2) is 9.50 Å². The lowest BCUT2D eigenvalue weighted by Gasteiger charge is -2.08. The second-order valence-electron chi connectivity index (χ2n) is 6.91. The van der Waals surface area contributed by atoms with E-state index in [0.29, 0.717) is 22.6 Å². The van der Waals surface area contributed by atoms with E-state index in [2.05, 4.69) is 22.2 Å². The molecule has 0 spiro atoms. The van der Waals surface area contributed by atoms with Gasteiger partial charge >= 0.3 is 0 Å². The zero-order valence-corrected chi connectivity index (χ0v) is 16.3. The number of rotatable bonds is 4. The molecule has 5 nitrogen and oxygen atoms in total. The van der Waals surface area contributed by atoms with Crippen LogP contribution in [0.4, 0.5) is 0 Å². The van der Waals surface area contributed by atoms with Gasteiger partial charge < -0.3 is 4.57 Å². The lowest BCUT2D eigenvalue weighted by atomic mass is 10.1. The van der Waals surface area contributed by atoms with E-state index in [1.54, 1.807) is 21.5 Å². The van der Waals surface area contributed by atoms with Gasteiger partial charge in [-0.2, -0.15) is 5.10 Å².